The molecule has 8 nitrogen and oxygen atoms in total. The number of aromatic nitrogens is 2. The molecule has 0 aliphatic carbocycles. The van der Waals surface area contributed by atoms with Crippen molar-refractivity contribution in [2.75, 3.05) is 11.5 Å². The van der Waals surface area contributed by atoms with E-state index in [4.69, 9.17) is 34.5 Å². The van der Waals surface area contributed by atoms with E-state index in [-0.39, 0.29) is 17.7 Å². The summed E-state index contributed by atoms with van der Waals surface area (Å²) in [4.78, 5) is 8.16. The Labute approximate surface area is 131 Å². The van der Waals surface area contributed by atoms with Crippen LogP contribution >= 0.6 is 11.6 Å². The molecule has 0 amide bonds. The molecule has 114 valence electrons. The van der Waals surface area contributed by atoms with Gasteiger partial charge in [-0.3, -0.25) is 0 Å². The van der Waals surface area contributed by atoms with Gasteiger partial charge in [0.2, 0.25) is 11.9 Å². The van der Waals surface area contributed by atoms with Crippen LogP contribution in [0.3, 0.4) is 0 Å². The van der Waals surface area contributed by atoms with Crippen molar-refractivity contribution in [1.29, 1.82) is 0 Å². The van der Waals surface area contributed by atoms with E-state index in [1.165, 1.54) is 0 Å². The lowest BCUT2D eigenvalue weighted by molar-refractivity contribution is 1.15. The third-order valence-electron chi connectivity index (χ3n) is 2.75. The number of nitrogens with zero attached hydrogens (tertiary/aromatic N) is 4. The van der Waals surface area contributed by atoms with Gasteiger partial charge in [-0.25, -0.2) is 4.98 Å². The van der Waals surface area contributed by atoms with Gasteiger partial charge in [-0.15, -0.1) is 5.10 Å². The maximum atomic E-state index is 5.98. The molecule has 2 aromatic rings. The van der Waals surface area contributed by atoms with E-state index in [2.05, 4.69) is 20.2 Å². The molecule has 2 rings (SSSR count). The molecule has 9 heteroatoms. The van der Waals surface area contributed by atoms with Gasteiger partial charge < -0.3 is 22.9 Å². The first kappa shape index (κ1) is 15.5. The fourth-order valence-corrected chi connectivity index (χ4v) is 1.97. The molecule has 0 aliphatic heterocycles. The smallest absolute Gasteiger partial charge is 0.222 e. The van der Waals surface area contributed by atoms with Crippen LogP contribution in [-0.2, 0) is 0 Å². The molecule has 0 atom stereocenters. The molecular formula is C13H15ClN8. The Morgan fingerprint density at radius 3 is 2.27 bits per heavy atom. The Balaban J connectivity index is 2.65. The average molecular weight is 319 g/mol. The van der Waals surface area contributed by atoms with E-state index < -0.39 is 0 Å². The Bertz CT molecular complexity index is 747. The monoisotopic (exact) mass is 318 g/mol. The first-order valence-corrected chi connectivity index (χ1v) is 6.58. The lowest BCUT2D eigenvalue weighted by Gasteiger charge is -2.11. The highest BCUT2D eigenvalue weighted by Gasteiger charge is 2.16. The number of rotatable bonds is 3. The Morgan fingerprint density at radius 2 is 1.68 bits per heavy atom. The predicted molar refractivity (Wildman–Crippen MR) is 89.3 cm³/mol. The fourth-order valence-electron chi connectivity index (χ4n) is 1.84. The molecule has 0 saturated carbocycles. The molecule has 8 N–H and O–H groups in total. The van der Waals surface area contributed by atoms with Crippen molar-refractivity contribution in [3.05, 3.63) is 35.0 Å². The Kier molecular flexibility index (Phi) is 4.42. The summed E-state index contributed by atoms with van der Waals surface area (Å²) in [7, 11) is 0. The molecule has 0 bridgehead atoms. The predicted octanol–water partition coefficient (Wildman–Crippen LogP) is 0.959. The molecule has 1 aromatic heterocycles. The number of guanidine groups is 1. The molecule has 0 radical (unpaired) electrons. The normalized spacial score (nSPS) is 11.3. The van der Waals surface area contributed by atoms with E-state index in [9.17, 15) is 0 Å². The summed E-state index contributed by atoms with van der Waals surface area (Å²) in [5.41, 5.74) is 24.4. The van der Waals surface area contributed by atoms with Gasteiger partial charge in [0.15, 0.2) is 0 Å². The van der Waals surface area contributed by atoms with Gasteiger partial charge in [-0.1, -0.05) is 23.7 Å². The quantitative estimate of drug-likeness (QED) is 0.375. The van der Waals surface area contributed by atoms with Crippen LogP contribution in [0.25, 0.3) is 11.1 Å². The number of benzene rings is 1. The second kappa shape index (κ2) is 6.27. The SMILES string of the molecule is C/C(=N\N=C(N)N)c1nc(N)nc(N)c1-c1ccc(Cl)cc1. The number of anilines is 2. The average Bonchev–Trinajstić information content (AvgIpc) is 2.45. The van der Waals surface area contributed by atoms with Crippen molar-refractivity contribution >= 4 is 35.0 Å². The first-order chi connectivity index (χ1) is 10.4. The zero-order chi connectivity index (χ0) is 16.3. The van der Waals surface area contributed by atoms with Crippen molar-refractivity contribution in [1.82, 2.24) is 9.97 Å². The third kappa shape index (κ3) is 3.41. The van der Waals surface area contributed by atoms with Crippen molar-refractivity contribution in [3.8, 4) is 11.1 Å². The number of hydrogen-bond acceptors (Lipinski definition) is 6. The van der Waals surface area contributed by atoms with Crippen molar-refractivity contribution in [2.24, 2.45) is 21.7 Å². The molecule has 0 fully saturated rings. The van der Waals surface area contributed by atoms with Crippen molar-refractivity contribution in [2.45, 2.75) is 6.92 Å². The van der Waals surface area contributed by atoms with Crippen LogP contribution in [0.5, 0.6) is 0 Å². The minimum absolute atomic E-state index is 0.0319. The molecule has 1 aromatic carbocycles. The van der Waals surface area contributed by atoms with E-state index in [1.807, 2.05) is 0 Å². The largest absolute Gasteiger partial charge is 0.383 e. The van der Waals surface area contributed by atoms with Crippen LogP contribution in [0, 0.1) is 0 Å². The summed E-state index contributed by atoms with van der Waals surface area (Å²) in [5.74, 6) is 0.0935. The zero-order valence-corrected chi connectivity index (χ0v) is 12.5. The minimum atomic E-state index is -0.164. The lowest BCUT2D eigenvalue weighted by atomic mass is 10.0. The van der Waals surface area contributed by atoms with Crippen LogP contribution in [0.2, 0.25) is 5.02 Å². The van der Waals surface area contributed by atoms with Crippen LogP contribution in [0.4, 0.5) is 11.8 Å². The van der Waals surface area contributed by atoms with Crippen molar-refractivity contribution < 1.29 is 0 Å². The zero-order valence-electron chi connectivity index (χ0n) is 11.8. The number of nitrogens with two attached hydrogens (primary N) is 4. The summed E-state index contributed by atoms with van der Waals surface area (Å²) in [6.07, 6.45) is 0. The van der Waals surface area contributed by atoms with Gasteiger partial charge in [0, 0.05) is 5.02 Å². The molecule has 0 saturated heterocycles. The minimum Gasteiger partial charge on any atom is -0.383 e. The first-order valence-electron chi connectivity index (χ1n) is 6.21. The molecular weight excluding hydrogens is 304 g/mol. The van der Waals surface area contributed by atoms with E-state index in [1.54, 1.807) is 31.2 Å². The second-order valence-electron chi connectivity index (χ2n) is 4.41. The topological polar surface area (TPSA) is 155 Å². The summed E-state index contributed by atoms with van der Waals surface area (Å²) < 4.78 is 0. The van der Waals surface area contributed by atoms with Gasteiger partial charge in [0.25, 0.3) is 0 Å². The number of halogens is 1. The Hall–Kier alpha value is -2.87. The highest BCUT2D eigenvalue weighted by molar-refractivity contribution is 6.30. The van der Waals surface area contributed by atoms with E-state index >= 15 is 0 Å². The summed E-state index contributed by atoms with van der Waals surface area (Å²) in [6, 6.07) is 7.06. The highest BCUT2D eigenvalue weighted by atomic mass is 35.5. The summed E-state index contributed by atoms with van der Waals surface area (Å²) in [6.45, 7) is 1.69. The number of hydrogen-bond donors (Lipinski definition) is 4. The summed E-state index contributed by atoms with van der Waals surface area (Å²) in [5, 5.41) is 8.12. The highest BCUT2D eigenvalue weighted by Crippen LogP contribution is 2.29. The van der Waals surface area contributed by atoms with Gasteiger partial charge in [0.05, 0.1) is 11.3 Å². The molecule has 0 unspecified atom stereocenters. The van der Waals surface area contributed by atoms with Crippen LogP contribution < -0.4 is 22.9 Å². The summed E-state index contributed by atoms with van der Waals surface area (Å²) >= 11 is 5.90. The van der Waals surface area contributed by atoms with Crippen LogP contribution in [0.15, 0.2) is 34.5 Å². The van der Waals surface area contributed by atoms with Crippen LogP contribution in [0.1, 0.15) is 12.6 Å². The molecule has 1 heterocycles. The maximum absolute atomic E-state index is 5.98. The standard InChI is InChI=1S/C13H15ClN8/c1-6(21-22-12(16)17)10-9(11(15)20-13(18)19-10)7-2-4-8(14)5-3-7/h2-5H,1H3,(H4,16,17,22)(H4,15,18,19,20)/b21-6+. The van der Waals surface area contributed by atoms with Gasteiger partial charge in [0.1, 0.15) is 11.5 Å². The maximum Gasteiger partial charge on any atom is 0.222 e. The second-order valence-corrected chi connectivity index (χ2v) is 4.84. The van der Waals surface area contributed by atoms with E-state index in [0.29, 0.717) is 22.0 Å². The van der Waals surface area contributed by atoms with Gasteiger partial charge in [-0.05, 0) is 24.6 Å². The van der Waals surface area contributed by atoms with Crippen LogP contribution in [-0.4, -0.2) is 21.6 Å². The van der Waals surface area contributed by atoms with Gasteiger partial charge >= 0.3 is 0 Å². The third-order valence-corrected chi connectivity index (χ3v) is 3.00. The van der Waals surface area contributed by atoms with E-state index in [0.717, 1.165) is 5.56 Å². The molecule has 0 spiro atoms. The molecule has 22 heavy (non-hydrogen) atoms. The van der Waals surface area contributed by atoms with Gasteiger partial charge in [-0.2, -0.15) is 10.1 Å². The van der Waals surface area contributed by atoms with Crippen molar-refractivity contribution in [3.63, 3.8) is 0 Å². The fraction of sp³-hybridized carbons (Fsp3) is 0.0769. The molecule has 0 aliphatic rings. The Morgan fingerprint density at radius 1 is 1.05 bits per heavy atom. The lowest BCUT2D eigenvalue weighted by Crippen LogP contribution is -2.22. The number of nitrogen functional groups attached to an aromatic ring is 2.